The molecule has 3 heterocycles. The van der Waals surface area contributed by atoms with E-state index in [0.717, 1.165) is 37.9 Å². The smallest absolute Gasteiger partial charge is 0.273 e. The Labute approximate surface area is 164 Å². The zero-order valence-electron chi connectivity index (χ0n) is 16.3. The maximum atomic E-state index is 12.6. The van der Waals surface area contributed by atoms with Crippen LogP contribution in [0.5, 0.6) is 0 Å². The molecule has 1 aromatic heterocycles. The van der Waals surface area contributed by atoms with Crippen molar-refractivity contribution >= 4 is 17.6 Å². The molecule has 0 unspecified atom stereocenters. The van der Waals surface area contributed by atoms with Crippen molar-refractivity contribution in [1.29, 1.82) is 0 Å². The van der Waals surface area contributed by atoms with Gasteiger partial charge in [-0.15, -0.1) is 0 Å². The third kappa shape index (κ3) is 3.44. The minimum atomic E-state index is -0.156. The van der Waals surface area contributed by atoms with Crippen molar-refractivity contribution in [3.63, 3.8) is 0 Å². The molecule has 28 heavy (non-hydrogen) atoms. The Morgan fingerprint density at radius 3 is 2.57 bits per heavy atom. The fourth-order valence-corrected chi connectivity index (χ4v) is 4.17. The second-order valence-electron chi connectivity index (χ2n) is 7.89. The lowest BCUT2D eigenvalue weighted by Crippen LogP contribution is -2.51. The van der Waals surface area contributed by atoms with Crippen LogP contribution in [0.25, 0.3) is 0 Å². The van der Waals surface area contributed by atoms with Crippen LogP contribution in [0.3, 0.4) is 0 Å². The first-order chi connectivity index (χ1) is 13.5. The summed E-state index contributed by atoms with van der Waals surface area (Å²) in [5.74, 6) is 0.606. The number of hydrogen-bond donors (Lipinski definition) is 1. The Morgan fingerprint density at radius 1 is 1.18 bits per heavy atom. The lowest BCUT2D eigenvalue weighted by Gasteiger charge is -2.39. The number of piperidine rings is 1. The molecule has 2 aliphatic heterocycles. The van der Waals surface area contributed by atoms with Gasteiger partial charge in [0.15, 0.2) is 0 Å². The summed E-state index contributed by atoms with van der Waals surface area (Å²) in [6.45, 7) is 1.55. The Bertz CT molecular complexity index is 875. The van der Waals surface area contributed by atoms with Crippen LogP contribution in [0.1, 0.15) is 41.2 Å². The van der Waals surface area contributed by atoms with Gasteiger partial charge in [0.25, 0.3) is 5.91 Å². The van der Waals surface area contributed by atoms with Gasteiger partial charge < -0.3 is 15.1 Å². The number of rotatable bonds is 3. The van der Waals surface area contributed by atoms with Crippen molar-refractivity contribution in [2.45, 2.75) is 30.7 Å². The van der Waals surface area contributed by atoms with Crippen molar-refractivity contribution in [3.8, 4) is 0 Å². The lowest BCUT2D eigenvalue weighted by molar-refractivity contribution is -0.121. The maximum absolute atomic E-state index is 12.6. The van der Waals surface area contributed by atoms with Gasteiger partial charge in [0, 0.05) is 32.7 Å². The van der Waals surface area contributed by atoms with E-state index < -0.39 is 0 Å². The monoisotopic (exact) mass is 379 g/mol. The third-order valence-electron chi connectivity index (χ3n) is 5.79. The number of carbonyl (C=O) groups excluding carboxylic acids is 2. The van der Waals surface area contributed by atoms with Gasteiger partial charge in [0.1, 0.15) is 11.5 Å². The fourth-order valence-electron chi connectivity index (χ4n) is 4.17. The molecule has 2 aromatic rings. The molecule has 0 saturated carbocycles. The summed E-state index contributed by atoms with van der Waals surface area (Å²) in [6.07, 6.45) is 5.74. The van der Waals surface area contributed by atoms with Gasteiger partial charge in [-0.3, -0.25) is 14.6 Å². The van der Waals surface area contributed by atoms with Crippen molar-refractivity contribution in [3.05, 3.63) is 54.0 Å². The van der Waals surface area contributed by atoms with E-state index in [1.54, 1.807) is 20.3 Å². The topological polar surface area (TPSA) is 78.4 Å². The Morgan fingerprint density at radius 2 is 1.89 bits per heavy atom. The van der Waals surface area contributed by atoms with Gasteiger partial charge >= 0.3 is 0 Å². The van der Waals surface area contributed by atoms with Crippen LogP contribution in [0.2, 0.25) is 0 Å². The number of carbonyl (C=O) groups is 2. The molecular formula is C21H25N5O2. The van der Waals surface area contributed by atoms with Crippen LogP contribution in [0.15, 0.2) is 42.7 Å². The highest BCUT2D eigenvalue weighted by Gasteiger charge is 2.46. The fraction of sp³-hybridized carbons (Fsp3) is 0.429. The largest absolute Gasteiger partial charge is 0.355 e. The highest BCUT2D eigenvalue weighted by molar-refractivity contribution is 5.92. The second-order valence-corrected chi connectivity index (χ2v) is 7.89. The molecule has 2 fully saturated rings. The van der Waals surface area contributed by atoms with Crippen LogP contribution in [-0.4, -0.2) is 59.4 Å². The normalized spacial score (nSPS) is 20.9. The standard InChI is InChI=1S/C21H25N5O2/c1-25(2)20(28)17-13-22-14-18(23-17)26-10-8-21(9-11-26)12-16(19(27)24-21)15-6-4-3-5-7-15/h3-7,13-14,16H,8-12H2,1-2H3,(H,24,27)/t16-/m0/s1. The number of amides is 2. The molecule has 0 aliphatic carbocycles. The molecular weight excluding hydrogens is 354 g/mol. The first kappa shape index (κ1) is 18.4. The summed E-state index contributed by atoms with van der Waals surface area (Å²) in [5.41, 5.74) is 1.28. The molecule has 7 nitrogen and oxygen atoms in total. The van der Waals surface area contributed by atoms with Gasteiger partial charge in [-0.05, 0) is 24.8 Å². The first-order valence-corrected chi connectivity index (χ1v) is 9.63. The number of aromatic nitrogens is 2. The minimum absolute atomic E-state index is 0.0754. The summed E-state index contributed by atoms with van der Waals surface area (Å²) in [7, 11) is 3.40. The molecule has 1 spiro atoms. The van der Waals surface area contributed by atoms with Crippen LogP contribution >= 0.6 is 0 Å². The number of anilines is 1. The van der Waals surface area contributed by atoms with Crippen molar-refractivity contribution in [1.82, 2.24) is 20.2 Å². The van der Waals surface area contributed by atoms with E-state index in [1.807, 2.05) is 30.3 Å². The van der Waals surface area contributed by atoms with E-state index in [1.165, 1.54) is 11.1 Å². The van der Waals surface area contributed by atoms with Gasteiger partial charge in [-0.25, -0.2) is 4.98 Å². The summed E-state index contributed by atoms with van der Waals surface area (Å²) in [5, 5.41) is 3.27. The molecule has 146 valence electrons. The zero-order chi connectivity index (χ0) is 19.7. The maximum Gasteiger partial charge on any atom is 0.273 e. The lowest BCUT2D eigenvalue weighted by atomic mass is 9.82. The van der Waals surface area contributed by atoms with Gasteiger partial charge in [-0.1, -0.05) is 30.3 Å². The molecule has 4 rings (SSSR count). The summed E-state index contributed by atoms with van der Waals surface area (Å²) in [4.78, 5) is 37.1. The number of benzene rings is 1. The predicted molar refractivity (Wildman–Crippen MR) is 106 cm³/mol. The van der Waals surface area contributed by atoms with Crippen molar-refractivity contribution < 1.29 is 9.59 Å². The first-order valence-electron chi connectivity index (χ1n) is 9.63. The number of hydrogen-bond acceptors (Lipinski definition) is 5. The SMILES string of the molecule is CN(C)C(=O)c1cncc(N2CCC3(CC2)C[C@@H](c2ccccc2)C(=O)N3)n1. The van der Waals surface area contributed by atoms with E-state index >= 15 is 0 Å². The molecule has 2 amide bonds. The zero-order valence-corrected chi connectivity index (χ0v) is 16.3. The summed E-state index contributed by atoms with van der Waals surface area (Å²) < 4.78 is 0. The highest BCUT2D eigenvalue weighted by atomic mass is 16.2. The van der Waals surface area contributed by atoms with Crippen LogP contribution < -0.4 is 10.2 Å². The van der Waals surface area contributed by atoms with Crippen molar-refractivity contribution in [2.75, 3.05) is 32.1 Å². The molecule has 1 aromatic carbocycles. The second kappa shape index (κ2) is 7.22. The Kier molecular flexibility index (Phi) is 4.75. The molecule has 1 atom stereocenters. The molecule has 1 N–H and O–H groups in total. The van der Waals surface area contributed by atoms with Crippen LogP contribution in [-0.2, 0) is 4.79 Å². The van der Waals surface area contributed by atoms with Gasteiger partial charge in [-0.2, -0.15) is 0 Å². The highest BCUT2D eigenvalue weighted by Crippen LogP contribution is 2.39. The Hall–Kier alpha value is -2.96. The molecule has 2 aliphatic rings. The quantitative estimate of drug-likeness (QED) is 0.880. The molecule has 0 radical (unpaired) electrons. The van der Waals surface area contributed by atoms with E-state index in [4.69, 9.17) is 0 Å². The summed E-state index contributed by atoms with van der Waals surface area (Å²) >= 11 is 0. The summed E-state index contributed by atoms with van der Waals surface area (Å²) in [6, 6.07) is 10.00. The molecule has 2 saturated heterocycles. The molecule has 0 bridgehead atoms. The van der Waals surface area contributed by atoms with Crippen LogP contribution in [0.4, 0.5) is 5.82 Å². The van der Waals surface area contributed by atoms with Gasteiger partial charge in [0.05, 0.1) is 18.3 Å². The predicted octanol–water partition coefficient (Wildman–Crippen LogP) is 1.82. The van der Waals surface area contributed by atoms with Crippen LogP contribution in [0, 0.1) is 0 Å². The van der Waals surface area contributed by atoms with E-state index in [0.29, 0.717) is 11.5 Å². The Balaban J connectivity index is 1.45. The van der Waals surface area contributed by atoms with E-state index in [9.17, 15) is 9.59 Å². The van der Waals surface area contributed by atoms with E-state index in [2.05, 4.69) is 20.2 Å². The number of nitrogens with zero attached hydrogens (tertiary/aromatic N) is 4. The minimum Gasteiger partial charge on any atom is -0.355 e. The van der Waals surface area contributed by atoms with E-state index in [-0.39, 0.29) is 23.3 Å². The molecule has 7 heteroatoms. The average Bonchev–Trinajstić information content (AvgIpc) is 3.04. The van der Waals surface area contributed by atoms with Gasteiger partial charge in [0.2, 0.25) is 5.91 Å². The third-order valence-corrected chi connectivity index (χ3v) is 5.79. The van der Waals surface area contributed by atoms with Crippen molar-refractivity contribution in [2.24, 2.45) is 0 Å². The average molecular weight is 379 g/mol. The number of nitrogens with one attached hydrogen (secondary N) is 1.